The van der Waals surface area contributed by atoms with Crippen molar-refractivity contribution in [1.82, 2.24) is 14.8 Å². The van der Waals surface area contributed by atoms with Gasteiger partial charge in [-0.2, -0.15) is 13.2 Å². The number of likely N-dealkylation sites (N-methyl/N-ethyl adjacent to an activating group) is 1. The second kappa shape index (κ2) is 10.6. The Morgan fingerprint density at radius 3 is 2.53 bits per heavy atom. The van der Waals surface area contributed by atoms with Crippen molar-refractivity contribution in [2.75, 3.05) is 38.5 Å². The SMILES string of the molecule is Cc1c(C(=O)Nc2ccc(CN3CCN(C)CC3)c(C(F)(F)F)c2)cccc1-c1ccc2ncccc2c1. The van der Waals surface area contributed by atoms with Crippen molar-refractivity contribution < 1.29 is 18.0 Å². The lowest BCUT2D eigenvalue weighted by atomic mass is 9.95. The maximum atomic E-state index is 14.0. The minimum absolute atomic E-state index is 0.117. The molecule has 1 N–H and O–H groups in total. The van der Waals surface area contributed by atoms with Gasteiger partial charge in [-0.05, 0) is 72.6 Å². The highest BCUT2D eigenvalue weighted by Gasteiger charge is 2.34. The molecule has 196 valence electrons. The topological polar surface area (TPSA) is 48.5 Å². The Labute approximate surface area is 219 Å². The van der Waals surface area contributed by atoms with Crippen LogP contribution in [0.1, 0.15) is 27.0 Å². The van der Waals surface area contributed by atoms with E-state index in [9.17, 15) is 18.0 Å². The Kier molecular flexibility index (Phi) is 7.19. The molecule has 0 aliphatic carbocycles. The van der Waals surface area contributed by atoms with Crippen LogP contribution in [0, 0.1) is 6.92 Å². The minimum Gasteiger partial charge on any atom is -0.322 e. The lowest BCUT2D eigenvalue weighted by molar-refractivity contribution is -0.138. The summed E-state index contributed by atoms with van der Waals surface area (Å²) in [6, 6.07) is 19.2. The first-order chi connectivity index (χ1) is 18.2. The molecule has 5 nitrogen and oxygen atoms in total. The number of hydrogen-bond acceptors (Lipinski definition) is 4. The van der Waals surface area contributed by atoms with Crippen molar-refractivity contribution in [2.24, 2.45) is 0 Å². The van der Waals surface area contributed by atoms with E-state index in [1.54, 1.807) is 24.4 Å². The molecule has 1 fully saturated rings. The van der Waals surface area contributed by atoms with Gasteiger partial charge in [0.2, 0.25) is 0 Å². The van der Waals surface area contributed by atoms with E-state index >= 15 is 0 Å². The first kappa shape index (κ1) is 25.9. The van der Waals surface area contributed by atoms with Gasteiger partial charge in [-0.3, -0.25) is 14.7 Å². The second-order valence-electron chi connectivity index (χ2n) is 9.79. The van der Waals surface area contributed by atoms with Gasteiger partial charge in [-0.25, -0.2) is 0 Å². The zero-order chi connectivity index (χ0) is 26.9. The number of benzene rings is 3. The molecule has 0 bridgehead atoms. The molecule has 0 radical (unpaired) electrons. The van der Waals surface area contributed by atoms with E-state index in [0.29, 0.717) is 5.56 Å². The predicted molar refractivity (Wildman–Crippen MR) is 144 cm³/mol. The van der Waals surface area contributed by atoms with Gasteiger partial charge >= 0.3 is 6.18 Å². The molecular formula is C30H29F3N4O. The zero-order valence-corrected chi connectivity index (χ0v) is 21.3. The van der Waals surface area contributed by atoms with E-state index in [-0.39, 0.29) is 17.8 Å². The van der Waals surface area contributed by atoms with Gasteiger partial charge in [-0.1, -0.05) is 30.3 Å². The van der Waals surface area contributed by atoms with Crippen molar-refractivity contribution in [3.63, 3.8) is 0 Å². The first-order valence-electron chi connectivity index (χ1n) is 12.6. The third-order valence-corrected chi connectivity index (χ3v) is 7.16. The normalized spacial score (nSPS) is 15.1. The van der Waals surface area contributed by atoms with Crippen LogP contribution in [-0.4, -0.2) is 53.9 Å². The van der Waals surface area contributed by atoms with Crippen LogP contribution < -0.4 is 5.32 Å². The third kappa shape index (κ3) is 5.56. The highest BCUT2D eigenvalue weighted by atomic mass is 19.4. The fourth-order valence-electron chi connectivity index (χ4n) is 4.94. The van der Waals surface area contributed by atoms with Gasteiger partial charge in [-0.15, -0.1) is 0 Å². The number of anilines is 1. The summed E-state index contributed by atoms with van der Waals surface area (Å²) >= 11 is 0. The summed E-state index contributed by atoms with van der Waals surface area (Å²) in [5, 5.41) is 3.67. The minimum atomic E-state index is -4.52. The maximum absolute atomic E-state index is 14.0. The predicted octanol–water partition coefficient (Wildman–Crippen LogP) is 6.23. The molecule has 0 unspecified atom stereocenters. The van der Waals surface area contributed by atoms with E-state index in [4.69, 9.17) is 0 Å². The van der Waals surface area contributed by atoms with E-state index in [1.165, 1.54) is 6.07 Å². The summed E-state index contributed by atoms with van der Waals surface area (Å²) in [7, 11) is 2.01. The number of aromatic nitrogens is 1. The number of nitrogens with one attached hydrogen (secondary N) is 1. The molecule has 8 heteroatoms. The Morgan fingerprint density at radius 1 is 0.974 bits per heavy atom. The summed E-state index contributed by atoms with van der Waals surface area (Å²) in [6.45, 7) is 5.15. The van der Waals surface area contributed by atoms with E-state index in [1.807, 2.05) is 55.3 Å². The number of alkyl halides is 3. The Morgan fingerprint density at radius 2 is 1.76 bits per heavy atom. The summed E-state index contributed by atoms with van der Waals surface area (Å²) in [6.07, 6.45) is -2.79. The second-order valence-corrected chi connectivity index (χ2v) is 9.79. The highest BCUT2D eigenvalue weighted by molar-refractivity contribution is 6.06. The zero-order valence-electron chi connectivity index (χ0n) is 21.3. The van der Waals surface area contributed by atoms with Gasteiger partial charge in [0.05, 0.1) is 11.1 Å². The van der Waals surface area contributed by atoms with Crippen molar-refractivity contribution in [1.29, 1.82) is 0 Å². The number of nitrogens with zero attached hydrogens (tertiary/aromatic N) is 3. The summed E-state index contributed by atoms with van der Waals surface area (Å²) in [5.74, 6) is -0.452. The Bertz CT molecular complexity index is 1480. The number of carbonyl (C=O) groups excluding carboxylic acids is 1. The average Bonchev–Trinajstić information content (AvgIpc) is 2.90. The Hall–Kier alpha value is -3.75. The monoisotopic (exact) mass is 518 g/mol. The van der Waals surface area contributed by atoms with Crippen LogP contribution in [-0.2, 0) is 12.7 Å². The number of fused-ring (bicyclic) bond motifs is 1. The number of carbonyl (C=O) groups is 1. The molecule has 0 spiro atoms. The standard InChI is InChI=1S/C30H29F3N4O/c1-20-25(21-9-11-28-22(17-21)5-4-12-34-28)6-3-7-26(20)29(38)35-24-10-8-23(27(18-24)30(31,32)33)19-37-15-13-36(2)14-16-37/h3-12,17-18H,13-16,19H2,1-2H3,(H,35,38). The number of pyridine rings is 1. The summed E-state index contributed by atoms with van der Waals surface area (Å²) in [5.41, 5.74) is 3.45. The van der Waals surface area contributed by atoms with Crippen LogP contribution in [0.4, 0.5) is 18.9 Å². The lowest BCUT2D eigenvalue weighted by Crippen LogP contribution is -2.44. The number of rotatable bonds is 5. The van der Waals surface area contributed by atoms with Gasteiger partial charge in [0, 0.05) is 55.6 Å². The number of hydrogen-bond donors (Lipinski definition) is 1. The van der Waals surface area contributed by atoms with Crippen LogP contribution in [0.5, 0.6) is 0 Å². The van der Waals surface area contributed by atoms with E-state index < -0.39 is 17.6 Å². The first-order valence-corrected chi connectivity index (χ1v) is 12.6. The molecule has 4 aromatic rings. The molecule has 1 aliphatic heterocycles. The van der Waals surface area contributed by atoms with Crippen LogP contribution in [0.15, 0.2) is 72.9 Å². The molecule has 38 heavy (non-hydrogen) atoms. The Balaban J connectivity index is 1.39. The van der Waals surface area contributed by atoms with E-state index in [0.717, 1.165) is 59.8 Å². The summed E-state index contributed by atoms with van der Waals surface area (Å²) < 4.78 is 41.9. The summed E-state index contributed by atoms with van der Waals surface area (Å²) in [4.78, 5) is 21.7. The molecule has 2 heterocycles. The van der Waals surface area contributed by atoms with Gasteiger partial charge in [0.25, 0.3) is 5.91 Å². The molecule has 1 amide bonds. The lowest BCUT2D eigenvalue weighted by Gasteiger charge is -2.33. The third-order valence-electron chi connectivity index (χ3n) is 7.16. The van der Waals surface area contributed by atoms with Gasteiger partial charge < -0.3 is 10.2 Å². The maximum Gasteiger partial charge on any atom is 0.416 e. The highest BCUT2D eigenvalue weighted by Crippen LogP contribution is 2.35. The van der Waals surface area contributed by atoms with E-state index in [2.05, 4.69) is 15.2 Å². The quantitative estimate of drug-likeness (QED) is 0.340. The molecule has 0 saturated carbocycles. The van der Waals surface area contributed by atoms with Crippen LogP contribution in [0.3, 0.4) is 0 Å². The molecular weight excluding hydrogens is 489 g/mol. The number of piperazine rings is 1. The fraction of sp³-hybridized carbons (Fsp3) is 0.267. The van der Waals surface area contributed by atoms with Gasteiger partial charge in [0.1, 0.15) is 0 Å². The molecule has 1 aromatic heterocycles. The van der Waals surface area contributed by atoms with Gasteiger partial charge in [0.15, 0.2) is 0 Å². The molecule has 3 aromatic carbocycles. The van der Waals surface area contributed by atoms with Crippen LogP contribution in [0.25, 0.3) is 22.0 Å². The van der Waals surface area contributed by atoms with Crippen LogP contribution in [0.2, 0.25) is 0 Å². The molecule has 1 saturated heterocycles. The van der Waals surface area contributed by atoms with Crippen molar-refractivity contribution in [3.8, 4) is 11.1 Å². The molecule has 5 rings (SSSR count). The number of amides is 1. The largest absolute Gasteiger partial charge is 0.416 e. The number of halogens is 3. The average molecular weight is 519 g/mol. The molecule has 1 aliphatic rings. The smallest absolute Gasteiger partial charge is 0.322 e. The fourth-order valence-corrected chi connectivity index (χ4v) is 4.94. The van der Waals surface area contributed by atoms with Crippen LogP contribution >= 0.6 is 0 Å². The van der Waals surface area contributed by atoms with Crippen molar-refractivity contribution >= 4 is 22.5 Å². The van der Waals surface area contributed by atoms with Crippen molar-refractivity contribution in [2.45, 2.75) is 19.6 Å². The van der Waals surface area contributed by atoms with Crippen molar-refractivity contribution in [3.05, 3.63) is 95.2 Å². The molecule has 0 atom stereocenters.